The molecular formula is C15H30N2O. The van der Waals surface area contributed by atoms with E-state index in [0.29, 0.717) is 11.5 Å². The molecule has 1 saturated heterocycles. The van der Waals surface area contributed by atoms with Crippen molar-refractivity contribution in [2.75, 3.05) is 19.6 Å². The van der Waals surface area contributed by atoms with Gasteiger partial charge in [0.25, 0.3) is 0 Å². The summed E-state index contributed by atoms with van der Waals surface area (Å²) in [6.45, 7) is 15.6. The molecule has 0 aromatic carbocycles. The van der Waals surface area contributed by atoms with Gasteiger partial charge in [-0.05, 0) is 18.3 Å². The second-order valence-corrected chi connectivity index (χ2v) is 7.76. The number of rotatable bonds is 2. The molecule has 1 N–H and O–H groups in total. The van der Waals surface area contributed by atoms with Crippen molar-refractivity contribution < 1.29 is 4.79 Å². The van der Waals surface area contributed by atoms with Crippen LogP contribution in [-0.4, -0.2) is 36.5 Å². The van der Waals surface area contributed by atoms with Gasteiger partial charge in [-0.25, -0.2) is 0 Å². The zero-order valence-corrected chi connectivity index (χ0v) is 13.0. The maximum atomic E-state index is 12.1. The molecule has 1 heterocycles. The maximum absolute atomic E-state index is 12.1. The van der Waals surface area contributed by atoms with Crippen LogP contribution in [0.2, 0.25) is 0 Å². The van der Waals surface area contributed by atoms with E-state index in [1.54, 1.807) is 0 Å². The standard InChI is InChI=1S/C15H30N2O/c1-14(2,3)11-16-12-7-9-17(10-8-12)13(18)15(4,5)6/h12,16H,7-11H2,1-6H3. The van der Waals surface area contributed by atoms with Gasteiger partial charge in [-0.15, -0.1) is 0 Å². The third-order valence-corrected chi connectivity index (χ3v) is 3.34. The third-order valence-electron chi connectivity index (χ3n) is 3.34. The first-order valence-corrected chi connectivity index (χ1v) is 7.12. The van der Waals surface area contributed by atoms with Crippen molar-refractivity contribution in [3.8, 4) is 0 Å². The number of carbonyl (C=O) groups is 1. The number of amides is 1. The van der Waals surface area contributed by atoms with Crippen LogP contribution in [0.15, 0.2) is 0 Å². The monoisotopic (exact) mass is 254 g/mol. The molecule has 0 unspecified atom stereocenters. The van der Waals surface area contributed by atoms with Gasteiger partial charge in [-0.3, -0.25) is 4.79 Å². The van der Waals surface area contributed by atoms with Gasteiger partial charge in [0.15, 0.2) is 0 Å². The molecule has 0 radical (unpaired) electrons. The van der Waals surface area contributed by atoms with Crippen molar-refractivity contribution >= 4 is 5.91 Å². The lowest BCUT2D eigenvalue weighted by atomic mass is 9.92. The summed E-state index contributed by atoms with van der Waals surface area (Å²) in [5.41, 5.74) is 0.0873. The molecule has 1 aliphatic rings. The molecule has 1 fully saturated rings. The van der Waals surface area contributed by atoms with Crippen LogP contribution < -0.4 is 5.32 Å². The number of hydrogen-bond donors (Lipinski definition) is 1. The minimum Gasteiger partial charge on any atom is -0.342 e. The molecule has 0 aliphatic carbocycles. The van der Waals surface area contributed by atoms with Crippen molar-refractivity contribution in [1.29, 1.82) is 0 Å². The summed E-state index contributed by atoms with van der Waals surface area (Å²) in [7, 11) is 0. The summed E-state index contributed by atoms with van der Waals surface area (Å²) in [5, 5.41) is 3.62. The molecule has 0 atom stereocenters. The fourth-order valence-corrected chi connectivity index (χ4v) is 2.21. The topological polar surface area (TPSA) is 32.3 Å². The molecule has 0 saturated carbocycles. The van der Waals surface area contributed by atoms with Crippen LogP contribution >= 0.6 is 0 Å². The van der Waals surface area contributed by atoms with E-state index in [1.165, 1.54) is 0 Å². The lowest BCUT2D eigenvalue weighted by Gasteiger charge is -2.37. The summed E-state index contributed by atoms with van der Waals surface area (Å²) in [4.78, 5) is 14.2. The molecule has 106 valence electrons. The quantitative estimate of drug-likeness (QED) is 0.821. The first kappa shape index (κ1) is 15.5. The highest BCUT2D eigenvalue weighted by Gasteiger charge is 2.30. The van der Waals surface area contributed by atoms with E-state index in [1.807, 2.05) is 25.7 Å². The zero-order chi connectivity index (χ0) is 14.0. The van der Waals surface area contributed by atoms with Gasteiger partial charge in [0.2, 0.25) is 5.91 Å². The molecule has 1 rings (SSSR count). The van der Waals surface area contributed by atoms with Crippen LogP contribution in [-0.2, 0) is 4.79 Å². The molecule has 3 nitrogen and oxygen atoms in total. The number of nitrogens with zero attached hydrogens (tertiary/aromatic N) is 1. The number of hydrogen-bond acceptors (Lipinski definition) is 2. The van der Waals surface area contributed by atoms with Gasteiger partial charge in [-0.2, -0.15) is 0 Å². The van der Waals surface area contributed by atoms with E-state index < -0.39 is 0 Å². The average molecular weight is 254 g/mol. The van der Waals surface area contributed by atoms with Crippen LogP contribution in [0, 0.1) is 10.8 Å². The lowest BCUT2D eigenvalue weighted by molar-refractivity contribution is -0.140. The third kappa shape index (κ3) is 4.97. The Labute approximate surface area is 112 Å². The molecule has 1 amide bonds. The van der Waals surface area contributed by atoms with E-state index in [2.05, 4.69) is 26.1 Å². The van der Waals surface area contributed by atoms with Crippen molar-refractivity contribution in [2.24, 2.45) is 10.8 Å². The van der Waals surface area contributed by atoms with Crippen molar-refractivity contribution in [3.05, 3.63) is 0 Å². The highest BCUT2D eigenvalue weighted by Crippen LogP contribution is 2.21. The van der Waals surface area contributed by atoms with Gasteiger partial charge in [0.05, 0.1) is 0 Å². The number of likely N-dealkylation sites (tertiary alicyclic amines) is 1. The fraction of sp³-hybridized carbons (Fsp3) is 0.933. The van der Waals surface area contributed by atoms with Crippen molar-refractivity contribution in [3.63, 3.8) is 0 Å². The second kappa shape index (κ2) is 5.60. The van der Waals surface area contributed by atoms with Crippen LogP contribution in [0.1, 0.15) is 54.4 Å². The molecule has 3 heteroatoms. The van der Waals surface area contributed by atoms with Gasteiger partial charge in [0, 0.05) is 31.1 Å². The summed E-state index contributed by atoms with van der Waals surface area (Å²) in [6, 6.07) is 0.577. The van der Waals surface area contributed by atoms with E-state index in [-0.39, 0.29) is 11.3 Å². The zero-order valence-electron chi connectivity index (χ0n) is 13.0. The Morgan fingerprint density at radius 2 is 1.61 bits per heavy atom. The van der Waals surface area contributed by atoms with Crippen LogP contribution in [0.25, 0.3) is 0 Å². The number of carbonyl (C=O) groups excluding carboxylic acids is 1. The van der Waals surface area contributed by atoms with Gasteiger partial charge < -0.3 is 10.2 Å². The van der Waals surface area contributed by atoms with E-state index in [9.17, 15) is 4.79 Å². The Morgan fingerprint density at radius 1 is 1.11 bits per heavy atom. The SMILES string of the molecule is CC(C)(C)CNC1CCN(C(=O)C(C)(C)C)CC1. The highest BCUT2D eigenvalue weighted by atomic mass is 16.2. The average Bonchev–Trinajstić information content (AvgIpc) is 2.24. The Bertz CT molecular complexity index is 278. The minimum absolute atomic E-state index is 0.244. The van der Waals surface area contributed by atoms with Crippen molar-refractivity contribution in [2.45, 2.75) is 60.4 Å². The number of piperidine rings is 1. The second-order valence-electron chi connectivity index (χ2n) is 7.76. The van der Waals surface area contributed by atoms with Crippen LogP contribution in [0.3, 0.4) is 0 Å². The first-order valence-electron chi connectivity index (χ1n) is 7.12. The van der Waals surface area contributed by atoms with E-state index in [0.717, 1.165) is 32.5 Å². The van der Waals surface area contributed by atoms with Gasteiger partial charge in [0.1, 0.15) is 0 Å². The summed E-state index contributed by atoms with van der Waals surface area (Å²) in [6.07, 6.45) is 2.16. The molecule has 1 aliphatic heterocycles. The summed E-state index contributed by atoms with van der Waals surface area (Å²) >= 11 is 0. The Hall–Kier alpha value is -0.570. The first-order chi connectivity index (χ1) is 8.09. The summed E-state index contributed by atoms with van der Waals surface area (Å²) < 4.78 is 0. The number of nitrogens with one attached hydrogen (secondary N) is 1. The predicted octanol–water partition coefficient (Wildman–Crippen LogP) is 2.66. The highest BCUT2D eigenvalue weighted by molar-refractivity contribution is 5.81. The normalized spacial score (nSPS) is 19.1. The Balaban J connectivity index is 2.35. The molecular weight excluding hydrogens is 224 g/mol. The van der Waals surface area contributed by atoms with E-state index >= 15 is 0 Å². The fourth-order valence-electron chi connectivity index (χ4n) is 2.21. The lowest BCUT2D eigenvalue weighted by Crippen LogP contribution is -2.49. The molecule has 0 aromatic heterocycles. The van der Waals surface area contributed by atoms with Crippen LogP contribution in [0.4, 0.5) is 0 Å². The smallest absolute Gasteiger partial charge is 0.227 e. The van der Waals surface area contributed by atoms with Crippen LogP contribution in [0.5, 0.6) is 0 Å². The molecule has 18 heavy (non-hydrogen) atoms. The van der Waals surface area contributed by atoms with Gasteiger partial charge >= 0.3 is 0 Å². The minimum atomic E-state index is -0.244. The molecule has 0 aromatic rings. The largest absolute Gasteiger partial charge is 0.342 e. The Morgan fingerprint density at radius 3 is 2.00 bits per heavy atom. The Kier molecular flexibility index (Phi) is 4.82. The summed E-state index contributed by atoms with van der Waals surface area (Å²) in [5.74, 6) is 0.289. The van der Waals surface area contributed by atoms with Crippen molar-refractivity contribution in [1.82, 2.24) is 10.2 Å². The maximum Gasteiger partial charge on any atom is 0.227 e. The molecule has 0 bridgehead atoms. The predicted molar refractivity (Wildman–Crippen MR) is 76.5 cm³/mol. The van der Waals surface area contributed by atoms with E-state index in [4.69, 9.17) is 0 Å². The molecule has 0 spiro atoms. The van der Waals surface area contributed by atoms with Gasteiger partial charge in [-0.1, -0.05) is 41.5 Å².